The summed E-state index contributed by atoms with van der Waals surface area (Å²) in [4.78, 5) is 17.7. The highest BCUT2D eigenvalue weighted by Crippen LogP contribution is 2.22. The van der Waals surface area contributed by atoms with Crippen molar-refractivity contribution in [2.24, 2.45) is 0 Å². The van der Waals surface area contributed by atoms with Gasteiger partial charge in [0.15, 0.2) is 0 Å². The van der Waals surface area contributed by atoms with Gasteiger partial charge in [0, 0.05) is 18.3 Å². The molecule has 1 N–H and O–H groups in total. The Morgan fingerprint density at radius 2 is 2.09 bits per heavy atom. The van der Waals surface area contributed by atoms with Crippen molar-refractivity contribution < 1.29 is 4.79 Å². The number of hydrogen-bond acceptors (Lipinski definition) is 3. The molecule has 0 saturated heterocycles. The summed E-state index contributed by atoms with van der Waals surface area (Å²) in [5.74, 6) is -0.0572. The fourth-order valence-corrected chi connectivity index (χ4v) is 2.91. The van der Waals surface area contributed by atoms with E-state index < -0.39 is 0 Å². The molecule has 22 heavy (non-hydrogen) atoms. The van der Waals surface area contributed by atoms with Crippen LogP contribution in [0.1, 0.15) is 21.5 Å². The lowest BCUT2D eigenvalue weighted by Crippen LogP contribution is -2.22. The SMILES string of the molecule is Cc1cccc(C(=O)NCc2ccnc(-c3cccs3)c2)c1. The number of amides is 1. The molecule has 0 spiro atoms. The fraction of sp³-hybridized carbons (Fsp3) is 0.111. The summed E-state index contributed by atoms with van der Waals surface area (Å²) in [5, 5.41) is 4.98. The number of nitrogens with one attached hydrogen (secondary N) is 1. The van der Waals surface area contributed by atoms with Crippen LogP contribution in [0.2, 0.25) is 0 Å². The van der Waals surface area contributed by atoms with Gasteiger partial charge >= 0.3 is 0 Å². The van der Waals surface area contributed by atoms with Crippen molar-refractivity contribution >= 4 is 17.2 Å². The second-order valence-electron chi connectivity index (χ2n) is 5.08. The molecule has 2 aromatic heterocycles. The molecule has 0 fully saturated rings. The Labute approximate surface area is 133 Å². The van der Waals surface area contributed by atoms with Gasteiger partial charge < -0.3 is 5.32 Å². The second-order valence-corrected chi connectivity index (χ2v) is 6.03. The van der Waals surface area contributed by atoms with Gasteiger partial charge in [0.25, 0.3) is 5.91 Å². The van der Waals surface area contributed by atoms with Crippen LogP contribution < -0.4 is 5.32 Å². The monoisotopic (exact) mass is 308 g/mol. The van der Waals surface area contributed by atoms with E-state index in [1.165, 1.54) is 0 Å². The number of pyridine rings is 1. The van der Waals surface area contributed by atoms with Gasteiger partial charge in [0.05, 0.1) is 10.6 Å². The van der Waals surface area contributed by atoms with Gasteiger partial charge in [0.1, 0.15) is 0 Å². The number of aryl methyl sites for hydroxylation is 1. The number of benzene rings is 1. The zero-order chi connectivity index (χ0) is 15.4. The van der Waals surface area contributed by atoms with E-state index in [2.05, 4.69) is 10.3 Å². The third kappa shape index (κ3) is 3.40. The minimum atomic E-state index is -0.0572. The summed E-state index contributed by atoms with van der Waals surface area (Å²) in [6, 6.07) is 15.6. The molecule has 0 atom stereocenters. The summed E-state index contributed by atoms with van der Waals surface area (Å²) < 4.78 is 0. The molecule has 0 unspecified atom stereocenters. The van der Waals surface area contributed by atoms with E-state index in [0.717, 1.165) is 21.7 Å². The summed E-state index contributed by atoms with van der Waals surface area (Å²) >= 11 is 1.66. The van der Waals surface area contributed by atoms with Crippen LogP contribution in [0, 0.1) is 6.92 Å². The zero-order valence-corrected chi connectivity index (χ0v) is 13.1. The van der Waals surface area contributed by atoms with Gasteiger partial charge in [-0.15, -0.1) is 11.3 Å². The van der Waals surface area contributed by atoms with E-state index in [-0.39, 0.29) is 5.91 Å². The zero-order valence-electron chi connectivity index (χ0n) is 12.2. The lowest BCUT2D eigenvalue weighted by molar-refractivity contribution is 0.0951. The van der Waals surface area contributed by atoms with Crippen molar-refractivity contribution in [3.8, 4) is 10.6 Å². The molecule has 3 rings (SSSR count). The minimum Gasteiger partial charge on any atom is -0.348 e. The van der Waals surface area contributed by atoms with Crippen LogP contribution >= 0.6 is 11.3 Å². The first kappa shape index (κ1) is 14.5. The van der Waals surface area contributed by atoms with Gasteiger partial charge in [-0.2, -0.15) is 0 Å². The second kappa shape index (κ2) is 6.54. The van der Waals surface area contributed by atoms with Crippen LogP contribution in [0.25, 0.3) is 10.6 Å². The van der Waals surface area contributed by atoms with Crippen LogP contribution in [0.5, 0.6) is 0 Å². The van der Waals surface area contributed by atoms with E-state index in [0.29, 0.717) is 12.1 Å². The predicted molar refractivity (Wildman–Crippen MR) is 89.9 cm³/mol. The van der Waals surface area contributed by atoms with Crippen molar-refractivity contribution in [2.75, 3.05) is 0 Å². The third-order valence-electron chi connectivity index (χ3n) is 3.33. The Hall–Kier alpha value is -2.46. The van der Waals surface area contributed by atoms with Crippen LogP contribution in [-0.2, 0) is 6.54 Å². The quantitative estimate of drug-likeness (QED) is 0.790. The van der Waals surface area contributed by atoms with Crippen LogP contribution in [-0.4, -0.2) is 10.9 Å². The highest BCUT2D eigenvalue weighted by Gasteiger charge is 2.06. The van der Waals surface area contributed by atoms with Gasteiger partial charge in [-0.3, -0.25) is 9.78 Å². The molecular weight excluding hydrogens is 292 g/mol. The smallest absolute Gasteiger partial charge is 0.251 e. The molecule has 3 aromatic rings. The Kier molecular flexibility index (Phi) is 4.30. The molecule has 0 aliphatic heterocycles. The summed E-state index contributed by atoms with van der Waals surface area (Å²) in [6.45, 7) is 2.47. The highest BCUT2D eigenvalue weighted by molar-refractivity contribution is 7.13. The minimum absolute atomic E-state index is 0.0572. The lowest BCUT2D eigenvalue weighted by atomic mass is 10.1. The molecule has 4 heteroatoms. The Bertz CT molecular complexity index is 781. The first-order valence-corrected chi connectivity index (χ1v) is 7.94. The van der Waals surface area contributed by atoms with Crippen molar-refractivity contribution in [3.63, 3.8) is 0 Å². The molecule has 110 valence electrons. The third-order valence-corrected chi connectivity index (χ3v) is 4.22. The molecule has 0 saturated carbocycles. The van der Waals surface area contributed by atoms with E-state index in [4.69, 9.17) is 0 Å². The molecular formula is C18H16N2OS. The Morgan fingerprint density at radius 1 is 1.18 bits per heavy atom. The van der Waals surface area contributed by atoms with Crippen molar-refractivity contribution in [2.45, 2.75) is 13.5 Å². The summed E-state index contributed by atoms with van der Waals surface area (Å²) in [7, 11) is 0. The first-order chi connectivity index (χ1) is 10.7. The number of carbonyl (C=O) groups excluding carboxylic acids is 1. The van der Waals surface area contributed by atoms with Crippen molar-refractivity contribution in [1.29, 1.82) is 0 Å². The number of carbonyl (C=O) groups is 1. The molecule has 2 heterocycles. The molecule has 0 aliphatic rings. The van der Waals surface area contributed by atoms with E-state index in [1.54, 1.807) is 17.5 Å². The standard InChI is InChI=1S/C18H16N2OS/c1-13-4-2-5-15(10-13)18(21)20-12-14-7-8-19-16(11-14)17-6-3-9-22-17/h2-11H,12H2,1H3,(H,20,21). The topological polar surface area (TPSA) is 42.0 Å². The maximum atomic E-state index is 12.2. The van der Waals surface area contributed by atoms with Gasteiger partial charge in [-0.1, -0.05) is 23.8 Å². The fourth-order valence-electron chi connectivity index (χ4n) is 2.21. The molecule has 0 radical (unpaired) electrons. The summed E-state index contributed by atoms with van der Waals surface area (Å²) in [6.07, 6.45) is 1.78. The van der Waals surface area contributed by atoms with Crippen LogP contribution in [0.3, 0.4) is 0 Å². The predicted octanol–water partition coefficient (Wildman–Crippen LogP) is 4.05. The summed E-state index contributed by atoms with van der Waals surface area (Å²) in [5.41, 5.74) is 3.75. The number of nitrogens with zero attached hydrogens (tertiary/aromatic N) is 1. The molecule has 3 nitrogen and oxygen atoms in total. The largest absolute Gasteiger partial charge is 0.348 e. The maximum Gasteiger partial charge on any atom is 0.251 e. The van der Waals surface area contributed by atoms with E-state index >= 15 is 0 Å². The number of rotatable bonds is 4. The van der Waals surface area contributed by atoms with Crippen molar-refractivity contribution in [1.82, 2.24) is 10.3 Å². The van der Waals surface area contributed by atoms with Gasteiger partial charge in [0.2, 0.25) is 0 Å². The van der Waals surface area contributed by atoms with Crippen LogP contribution in [0.15, 0.2) is 60.1 Å². The van der Waals surface area contributed by atoms with Gasteiger partial charge in [-0.25, -0.2) is 0 Å². The molecule has 1 aromatic carbocycles. The number of aromatic nitrogens is 1. The highest BCUT2D eigenvalue weighted by atomic mass is 32.1. The Balaban J connectivity index is 1.69. The van der Waals surface area contributed by atoms with E-state index in [9.17, 15) is 4.79 Å². The lowest BCUT2D eigenvalue weighted by Gasteiger charge is -2.07. The normalized spacial score (nSPS) is 10.4. The van der Waals surface area contributed by atoms with Crippen LogP contribution in [0.4, 0.5) is 0 Å². The Morgan fingerprint density at radius 3 is 2.86 bits per heavy atom. The van der Waals surface area contributed by atoms with E-state index in [1.807, 2.05) is 60.8 Å². The molecule has 1 amide bonds. The first-order valence-electron chi connectivity index (χ1n) is 7.06. The maximum absolute atomic E-state index is 12.2. The molecule has 0 aliphatic carbocycles. The number of thiophene rings is 1. The van der Waals surface area contributed by atoms with Gasteiger partial charge in [-0.05, 0) is 48.2 Å². The molecule has 0 bridgehead atoms. The average Bonchev–Trinajstić information content (AvgIpc) is 3.07. The number of hydrogen-bond donors (Lipinski definition) is 1. The average molecular weight is 308 g/mol. The van der Waals surface area contributed by atoms with Crippen molar-refractivity contribution in [3.05, 3.63) is 76.8 Å².